The van der Waals surface area contributed by atoms with Crippen LogP contribution in [-0.2, 0) is 25.7 Å². The second-order valence-corrected chi connectivity index (χ2v) is 6.06. The molecule has 1 aliphatic heterocycles. The van der Waals surface area contributed by atoms with E-state index in [9.17, 15) is 18.0 Å². The molecule has 7 nitrogen and oxygen atoms in total. The van der Waals surface area contributed by atoms with Crippen LogP contribution >= 0.6 is 0 Å². The Balaban J connectivity index is 1.60. The van der Waals surface area contributed by atoms with E-state index in [-0.39, 0.29) is 29.5 Å². The summed E-state index contributed by atoms with van der Waals surface area (Å²) >= 11 is 0. The van der Waals surface area contributed by atoms with Crippen LogP contribution in [0.15, 0.2) is 33.6 Å². The molecular weight excluding hydrogens is 351 g/mol. The summed E-state index contributed by atoms with van der Waals surface area (Å²) < 4.78 is 46.4. The first-order valence-corrected chi connectivity index (χ1v) is 8.08. The van der Waals surface area contributed by atoms with Gasteiger partial charge in [-0.25, -0.2) is 9.48 Å². The van der Waals surface area contributed by atoms with E-state index in [1.807, 2.05) is 0 Å². The Kier molecular flexibility index (Phi) is 3.89. The molecule has 0 saturated heterocycles. The summed E-state index contributed by atoms with van der Waals surface area (Å²) in [7, 11) is 0. The van der Waals surface area contributed by atoms with Gasteiger partial charge in [0.25, 0.3) is 5.89 Å². The van der Waals surface area contributed by atoms with Gasteiger partial charge >= 0.3 is 11.9 Å². The quantitative estimate of drug-likeness (QED) is 0.713. The van der Waals surface area contributed by atoms with Gasteiger partial charge in [-0.2, -0.15) is 23.3 Å². The Labute approximate surface area is 145 Å². The van der Waals surface area contributed by atoms with Crippen molar-refractivity contribution in [1.29, 1.82) is 0 Å². The number of hydrogen-bond donors (Lipinski definition) is 0. The van der Waals surface area contributed by atoms with E-state index in [1.54, 1.807) is 4.57 Å². The molecule has 0 aliphatic carbocycles. The largest absolute Gasteiger partial charge is 0.416 e. The van der Waals surface area contributed by atoms with Crippen molar-refractivity contribution in [1.82, 2.24) is 24.5 Å². The maximum Gasteiger partial charge on any atom is 0.416 e. The second kappa shape index (κ2) is 6.11. The summed E-state index contributed by atoms with van der Waals surface area (Å²) in [6, 6.07) is 4.64. The van der Waals surface area contributed by atoms with Crippen LogP contribution < -0.4 is 5.69 Å². The van der Waals surface area contributed by atoms with E-state index in [0.29, 0.717) is 6.54 Å². The van der Waals surface area contributed by atoms with Gasteiger partial charge in [0.1, 0.15) is 12.4 Å². The minimum absolute atomic E-state index is 0.00128. The SMILES string of the molecule is O=c1n(Cc2noc(-c3cccc(C(F)(F)F)c3)n2)nc2n1CCCC2. The highest BCUT2D eigenvalue weighted by molar-refractivity contribution is 5.54. The highest BCUT2D eigenvalue weighted by Crippen LogP contribution is 2.31. The number of aromatic nitrogens is 5. The maximum atomic E-state index is 12.8. The van der Waals surface area contributed by atoms with Crippen molar-refractivity contribution in [3.63, 3.8) is 0 Å². The number of aryl methyl sites for hydroxylation is 1. The van der Waals surface area contributed by atoms with E-state index >= 15 is 0 Å². The topological polar surface area (TPSA) is 78.7 Å². The molecule has 10 heteroatoms. The van der Waals surface area contributed by atoms with Gasteiger partial charge in [0.05, 0.1) is 5.56 Å². The van der Waals surface area contributed by atoms with Crippen LogP contribution in [0.5, 0.6) is 0 Å². The number of alkyl halides is 3. The molecule has 0 N–H and O–H groups in total. The molecule has 0 amide bonds. The number of hydrogen-bond acceptors (Lipinski definition) is 5. The van der Waals surface area contributed by atoms with Crippen molar-refractivity contribution < 1.29 is 17.7 Å². The lowest BCUT2D eigenvalue weighted by Crippen LogP contribution is -2.27. The Morgan fingerprint density at radius 1 is 1.23 bits per heavy atom. The zero-order valence-corrected chi connectivity index (χ0v) is 13.5. The van der Waals surface area contributed by atoms with E-state index in [2.05, 4.69) is 15.2 Å². The fourth-order valence-corrected chi connectivity index (χ4v) is 2.95. The lowest BCUT2D eigenvalue weighted by Gasteiger charge is -2.09. The van der Waals surface area contributed by atoms with E-state index in [0.717, 1.165) is 37.2 Å². The van der Waals surface area contributed by atoms with E-state index < -0.39 is 11.7 Å². The monoisotopic (exact) mass is 365 g/mol. The van der Waals surface area contributed by atoms with E-state index in [4.69, 9.17) is 4.52 Å². The molecule has 1 aliphatic rings. The van der Waals surface area contributed by atoms with Crippen molar-refractivity contribution in [3.8, 4) is 11.5 Å². The number of nitrogens with zero attached hydrogens (tertiary/aromatic N) is 5. The maximum absolute atomic E-state index is 12.8. The Morgan fingerprint density at radius 2 is 2.08 bits per heavy atom. The van der Waals surface area contributed by atoms with Crippen LogP contribution in [0.1, 0.15) is 30.1 Å². The predicted molar refractivity (Wildman–Crippen MR) is 83.3 cm³/mol. The van der Waals surface area contributed by atoms with Gasteiger partial charge in [-0.3, -0.25) is 4.57 Å². The molecule has 0 bridgehead atoms. The minimum atomic E-state index is -4.46. The fourth-order valence-electron chi connectivity index (χ4n) is 2.95. The lowest BCUT2D eigenvalue weighted by molar-refractivity contribution is -0.137. The third kappa shape index (κ3) is 3.02. The molecule has 1 aromatic carbocycles. The number of benzene rings is 1. The van der Waals surface area contributed by atoms with Gasteiger partial charge in [0.2, 0.25) is 0 Å². The molecule has 136 valence electrons. The van der Waals surface area contributed by atoms with Gasteiger partial charge < -0.3 is 4.52 Å². The number of fused-ring (bicyclic) bond motifs is 1. The van der Waals surface area contributed by atoms with Gasteiger partial charge in [0.15, 0.2) is 5.82 Å². The molecule has 3 heterocycles. The number of rotatable bonds is 3. The Morgan fingerprint density at radius 3 is 2.85 bits per heavy atom. The molecule has 3 aromatic rings. The molecule has 0 fully saturated rings. The summed E-state index contributed by atoms with van der Waals surface area (Å²) in [4.78, 5) is 16.4. The van der Waals surface area contributed by atoms with Crippen LogP contribution in [0, 0.1) is 0 Å². The van der Waals surface area contributed by atoms with Crippen LogP contribution in [-0.4, -0.2) is 24.5 Å². The van der Waals surface area contributed by atoms with Gasteiger partial charge in [0, 0.05) is 18.5 Å². The van der Waals surface area contributed by atoms with Gasteiger partial charge in [-0.1, -0.05) is 11.2 Å². The molecular formula is C16H14F3N5O2. The predicted octanol–water partition coefficient (Wildman–Crippen LogP) is 2.50. The zero-order chi connectivity index (χ0) is 18.3. The second-order valence-electron chi connectivity index (χ2n) is 6.06. The summed E-state index contributed by atoms with van der Waals surface area (Å²) in [5, 5.41) is 8.02. The molecule has 4 rings (SSSR count). The average molecular weight is 365 g/mol. The van der Waals surface area contributed by atoms with Crippen LogP contribution in [0.3, 0.4) is 0 Å². The summed E-state index contributed by atoms with van der Waals surface area (Å²) in [5.41, 5.74) is -0.882. The minimum Gasteiger partial charge on any atom is -0.334 e. The Bertz CT molecular complexity index is 1000. The van der Waals surface area contributed by atoms with Gasteiger partial charge in [-0.15, -0.1) is 0 Å². The highest BCUT2D eigenvalue weighted by Gasteiger charge is 2.31. The van der Waals surface area contributed by atoms with Crippen LogP contribution in [0.4, 0.5) is 13.2 Å². The molecule has 0 atom stereocenters. The molecule has 0 radical (unpaired) electrons. The van der Waals surface area contributed by atoms with Crippen molar-refractivity contribution in [2.24, 2.45) is 0 Å². The van der Waals surface area contributed by atoms with Crippen molar-refractivity contribution in [2.45, 2.75) is 38.5 Å². The molecule has 0 spiro atoms. The van der Waals surface area contributed by atoms with Crippen molar-refractivity contribution in [3.05, 3.63) is 52.0 Å². The lowest BCUT2D eigenvalue weighted by atomic mass is 10.1. The Hall–Kier alpha value is -2.91. The van der Waals surface area contributed by atoms with Crippen molar-refractivity contribution >= 4 is 0 Å². The summed E-state index contributed by atoms with van der Waals surface area (Å²) in [6.45, 7) is 0.636. The van der Waals surface area contributed by atoms with E-state index in [1.165, 1.54) is 16.8 Å². The average Bonchev–Trinajstić information content (AvgIpc) is 3.20. The smallest absolute Gasteiger partial charge is 0.334 e. The summed E-state index contributed by atoms with van der Waals surface area (Å²) in [5.74, 6) is 0.862. The molecule has 2 aromatic heterocycles. The van der Waals surface area contributed by atoms with Gasteiger partial charge in [-0.05, 0) is 31.0 Å². The van der Waals surface area contributed by atoms with Crippen LogP contribution in [0.25, 0.3) is 11.5 Å². The molecule has 26 heavy (non-hydrogen) atoms. The first-order valence-electron chi connectivity index (χ1n) is 8.08. The highest BCUT2D eigenvalue weighted by atomic mass is 19.4. The first kappa shape index (κ1) is 16.6. The third-order valence-corrected chi connectivity index (χ3v) is 4.23. The third-order valence-electron chi connectivity index (χ3n) is 4.23. The fraction of sp³-hybridized carbons (Fsp3) is 0.375. The zero-order valence-electron chi connectivity index (χ0n) is 13.5. The van der Waals surface area contributed by atoms with Crippen molar-refractivity contribution in [2.75, 3.05) is 0 Å². The van der Waals surface area contributed by atoms with Crippen LogP contribution in [0.2, 0.25) is 0 Å². The molecule has 0 saturated carbocycles. The first-order chi connectivity index (χ1) is 12.4. The normalized spacial score (nSPS) is 14.4. The number of halogens is 3. The molecule has 0 unspecified atom stereocenters. The summed E-state index contributed by atoms with van der Waals surface area (Å²) in [6.07, 6.45) is -1.80. The standard InChI is InChI=1S/C16H14F3N5O2/c17-16(18,19)11-5-3-4-10(8-11)14-20-12(22-26-14)9-24-15(25)23-7-2-1-6-13(23)21-24/h3-5,8H,1-2,6-7,9H2.